The highest BCUT2D eigenvalue weighted by Crippen LogP contribution is 2.59. The van der Waals surface area contributed by atoms with Gasteiger partial charge >= 0.3 is 0 Å². The van der Waals surface area contributed by atoms with Gasteiger partial charge < -0.3 is 0 Å². The third kappa shape index (κ3) is 1.99. The van der Waals surface area contributed by atoms with E-state index in [9.17, 15) is 0 Å². The van der Waals surface area contributed by atoms with Gasteiger partial charge in [-0.1, -0.05) is 76.4 Å². The molecule has 0 spiro atoms. The average Bonchev–Trinajstić information content (AvgIpc) is 2.40. The Morgan fingerprint density at radius 1 is 0.833 bits per heavy atom. The van der Waals surface area contributed by atoms with Crippen LogP contribution in [0, 0.1) is 0 Å². The molecule has 1 saturated heterocycles. The van der Waals surface area contributed by atoms with Crippen LogP contribution in [0.4, 0.5) is 0 Å². The largest absolute Gasteiger partial charge is 0.0688 e. The first kappa shape index (κ1) is 11.9. The minimum Gasteiger partial charge on any atom is -0.0688 e. The second-order valence-corrected chi connectivity index (χ2v) is 8.28. The van der Waals surface area contributed by atoms with E-state index in [-0.39, 0.29) is 7.92 Å². The van der Waals surface area contributed by atoms with Gasteiger partial charge in [0.1, 0.15) is 0 Å². The van der Waals surface area contributed by atoms with Gasteiger partial charge in [0.05, 0.1) is 0 Å². The minimum absolute atomic E-state index is 0.0403. The van der Waals surface area contributed by atoms with Crippen LogP contribution in [0.5, 0.6) is 0 Å². The van der Waals surface area contributed by atoms with Crippen molar-refractivity contribution in [1.29, 1.82) is 0 Å². The summed E-state index contributed by atoms with van der Waals surface area (Å²) >= 11 is 0. The standard InChI is InChI=1S/C17H19P/c1-13-12-14(2)18(13)17-11-7-6-10-16(17)15-8-4-3-5-9-15/h3-11,13-14H,12H2,1-2H3/t13-,14-/m1/s1. The van der Waals surface area contributed by atoms with Gasteiger partial charge in [0, 0.05) is 0 Å². The van der Waals surface area contributed by atoms with Crippen molar-refractivity contribution >= 4 is 13.2 Å². The molecule has 1 aliphatic rings. The lowest BCUT2D eigenvalue weighted by atomic mass is 10.1. The van der Waals surface area contributed by atoms with Gasteiger partial charge in [0.15, 0.2) is 0 Å². The highest BCUT2D eigenvalue weighted by Gasteiger charge is 2.36. The van der Waals surface area contributed by atoms with E-state index < -0.39 is 0 Å². The highest BCUT2D eigenvalue weighted by atomic mass is 31.1. The van der Waals surface area contributed by atoms with Crippen molar-refractivity contribution < 1.29 is 0 Å². The molecule has 0 amide bonds. The van der Waals surface area contributed by atoms with Crippen LogP contribution in [-0.4, -0.2) is 11.3 Å². The molecule has 0 N–H and O–H groups in total. The van der Waals surface area contributed by atoms with Crippen LogP contribution >= 0.6 is 7.92 Å². The van der Waals surface area contributed by atoms with E-state index in [2.05, 4.69) is 68.4 Å². The van der Waals surface area contributed by atoms with Crippen LogP contribution in [0.1, 0.15) is 20.3 Å². The van der Waals surface area contributed by atoms with Crippen molar-refractivity contribution in [2.24, 2.45) is 0 Å². The number of rotatable bonds is 2. The van der Waals surface area contributed by atoms with Crippen LogP contribution in [-0.2, 0) is 0 Å². The van der Waals surface area contributed by atoms with E-state index in [1.807, 2.05) is 0 Å². The Bertz CT molecular complexity index is 524. The molecule has 2 aromatic carbocycles. The molecule has 1 heterocycles. The Morgan fingerprint density at radius 2 is 1.44 bits per heavy atom. The second-order valence-electron chi connectivity index (χ2n) is 5.22. The maximum Gasteiger partial charge on any atom is -0.0107 e. The molecule has 1 heteroatoms. The van der Waals surface area contributed by atoms with E-state index in [1.54, 1.807) is 5.30 Å². The molecular formula is C17H19P. The molecule has 18 heavy (non-hydrogen) atoms. The quantitative estimate of drug-likeness (QED) is 0.685. The number of hydrogen-bond acceptors (Lipinski definition) is 0. The van der Waals surface area contributed by atoms with Crippen LogP contribution in [0.2, 0.25) is 0 Å². The van der Waals surface area contributed by atoms with Crippen molar-refractivity contribution in [1.82, 2.24) is 0 Å². The Balaban J connectivity index is 2.06. The van der Waals surface area contributed by atoms with E-state index in [1.165, 1.54) is 17.5 Å². The van der Waals surface area contributed by atoms with Gasteiger partial charge in [-0.15, -0.1) is 0 Å². The van der Waals surface area contributed by atoms with E-state index in [0.29, 0.717) is 0 Å². The topological polar surface area (TPSA) is 0 Å². The molecule has 0 saturated carbocycles. The predicted molar refractivity (Wildman–Crippen MR) is 82.0 cm³/mol. The lowest BCUT2D eigenvalue weighted by molar-refractivity contribution is 0.714. The summed E-state index contributed by atoms with van der Waals surface area (Å²) in [7, 11) is 0.0403. The highest BCUT2D eigenvalue weighted by molar-refractivity contribution is 7.68. The Hall–Kier alpha value is -1.13. The summed E-state index contributed by atoms with van der Waals surface area (Å²) < 4.78 is 0. The molecule has 0 radical (unpaired) electrons. The SMILES string of the molecule is C[C@@H]1C[C@@H](C)P1c1ccccc1-c1ccccc1. The molecule has 3 rings (SSSR count). The molecular weight excluding hydrogens is 235 g/mol. The Kier molecular flexibility index (Phi) is 3.22. The van der Waals surface area contributed by atoms with Gasteiger partial charge in [-0.05, 0) is 34.2 Å². The molecule has 1 aliphatic heterocycles. The first-order chi connectivity index (χ1) is 8.77. The van der Waals surface area contributed by atoms with Gasteiger partial charge in [0.2, 0.25) is 0 Å². The summed E-state index contributed by atoms with van der Waals surface area (Å²) in [6.45, 7) is 4.82. The first-order valence-corrected chi connectivity index (χ1v) is 8.18. The molecule has 0 bridgehead atoms. The Morgan fingerprint density at radius 3 is 2.11 bits per heavy atom. The van der Waals surface area contributed by atoms with Crippen molar-refractivity contribution in [3.05, 3.63) is 54.6 Å². The van der Waals surface area contributed by atoms with Crippen LogP contribution < -0.4 is 5.30 Å². The summed E-state index contributed by atoms with van der Waals surface area (Å²) in [5.41, 5.74) is 4.59. The Labute approximate surface area is 111 Å². The molecule has 0 unspecified atom stereocenters. The lowest BCUT2D eigenvalue weighted by Gasteiger charge is -2.43. The molecule has 2 atom stereocenters. The fourth-order valence-electron chi connectivity index (χ4n) is 3.05. The predicted octanol–water partition coefficient (Wildman–Crippen LogP) is 4.64. The van der Waals surface area contributed by atoms with E-state index in [4.69, 9.17) is 0 Å². The third-order valence-corrected chi connectivity index (χ3v) is 7.17. The molecule has 0 nitrogen and oxygen atoms in total. The maximum atomic E-state index is 2.41. The fourth-order valence-corrected chi connectivity index (χ4v) is 6.31. The van der Waals surface area contributed by atoms with E-state index >= 15 is 0 Å². The first-order valence-electron chi connectivity index (χ1n) is 6.70. The molecule has 1 fully saturated rings. The summed E-state index contributed by atoms with van der Waals surface area (Å²) in [5, 5.41) is 1.60. The molecule has 92 valence electrons. The summed E-state index contributed by atoms with van der Waals surface area (Å²) in [6.07, 6.45) is 1.40. The fraction of sp³-hybridized carbons (Fsp3) is 0.294. The monoisotopic (exact) mass is 254 g/mol. The lowest BCUT2D eigenvalue weighted by Crippen LogP contribution is -2.31. The van der Waals surface area contributed by atoms with Crippen LogP contribution in [0.3, 0.4) is 0 Å². The second kappa shape index (κ2) is 4.86. The van der Waals surface area contributed by atoms with E-state index in [0.717, 1.165) is 11.3 Å². The van der Waals surface area contributed by atoms with Gasteiger partial charge in [-0.2, -0.15) is 0 Å². The zero-order valence-corrected chi connectivity index (χ0v) is 11.9. The number of hydrogen-bond donors (Lipinski definition) is 0. The average molecular weight is 254 g/mol. The zero-order chi connectivity index (χ0) is 12.5. The number of benzene rings is 2. The zero-order valence-electron chi connectivity index (χ0n) is 11.0. The minimum atomic E-state index is 0.0403. The van der Waals surface area contributed by atoms with Crippen LogP contribution in [0.15, 0.2) is 54.6 Å². The normalized spacial score (nSPS) is 23.7. The third-order valence-electron chi connectivity index (χ3n) is 3.90. The van der Waals surface area contributed by atoms with Gasteiger partial charge in [-0.25, -0.2) is 0 Å². The summed E-state index contributed by atoms with van der Waals surface area (Å²) in [4.78, 5) is 0. The van der Waals surface area contributed by atoms with Crippen molar-refractivity contribution in [2.75, 3.05) is 0 Å². The van der Waals surface area contributed by atoms with Crippen molar-refractivity contribution in [2.45, 2.75) is 31.6 Å². The summed E-state index contributed by atoms with van der Waals surface area (Å²) in [6, 6.07) is 19.8. The molecule has 0 aromatic heterocycles. The summed E-state index contributed by atoms with van der Waals surface area (Å²) in [5.74, 6) is 0. The molecule has 0 aliphatic carbocycles. The molecule has 2 aromatic rings. The van der Waals surface area contributed by atoms with Crippen molar-refractivity contribution in [3.63, 3.8) is 0 Å². The van der Waals surface area contributed by atoms with Gasteiger partial charge in [0.25, 0.3) is 0 Å². The van der Waals surface area contributed by atoms with Gasteiger partial charge in [-0.3, -0.25) is 0 Å². The smallest absolute Gasteiger partial charge is 0.0107 e. The van der Waals surface area contributed by atoms with Crippen LogP contribution in [0.25, 0.3) is 11.1 Å². The van der Waals surface area contributed by atoms with Crippen molar-refractivity contribution in [3.8, 4) is 11.1 Å². The maximum absolute atomic E-state index is 2.41.